The Hall–Kier alpha value is -3.72. The molecule has 1 N–H and O–H groups in total. The van der Waals surface area contributed by atoms with Gasteiger partial charge in [-0.2, -0.15) is 5.10 Å². The van der Waals surface area contributed by atoms with E-state index in [0.29, 0.717) is 16.7 Å². The number of carbonyl (C=O) groups excluding carboxylic acids is 1. The number of hydrazone groups is 1. The first-order chi connectivity index (χ1) is 15.1. The highest BCUT2D eigenvalue weighted by Gasteiger charge is 2.17. The van der Waals surface area contributed by atoms with Gasteiger partial charge in [0.15, 0.2) is 11.0 Å². The van der Waals surface area contributed by atoms with Gasteiger partial charge in [-0.15, -0.1) is 10.2 Å². The number of carbonyl (C=O) groups is 1. The van der Waals surface area contributed by atoms with Crippen LogP contribution in [0.1, 0.15) is 17.1 Å². The molecule has 0 fully saturated rings. The first-order valence-electron chi connectivity index (χ1n) is 9.54. The van der Waals surface area contributed by atoms with Crippen molar-refractivity contribution in [2.24, 2.45) is 5.10 Å². The van der Waals surface area contributed by atoms with E-state index in [1.165, 1.54) is 18.0 Å². The number of furan rings is 1. The van der Waals surface area contributed by atoms with Gasteiger partial charge in [0.25, 0.3) is 5.91 Å². The quantitative estimate of drug-likeness (QED) is 0.271. The Kier molecular flexibility index (Phi) is 6.23. The highest BCUT2D eigenvalue weighted by atomic mass is 32.2. The lowest BCUT2D eigenvalue weighted by molar-refractivity contribution is -0.118. The maximum atomic E-state index is 12.2. The minimum absolute atomic E-state index is 0.134. The predicted molar refractivity (Wildman–Crippen MR) is 119 cm³/mol. The number of aryl methyl sites for hydroxylation is 2. The number of amides is 1. The second kappa shape index (κ2) is 9.40. The highest BCUT2D eigenvalue weighted by molar-refractivity contribution is 7.99. The summed E-state index contributed by atoms with van der Waals surface area (Å²) in [6.07, 6.45) is 4.89. The Labute approximate surface area is 183 Å². The van der Waals surface area contributed by atoms with Crippen molar-refractivity contribution in [3.63, 3.8) is 0 Å². The molecule has 0 saturated carbocycles. The molecule has 0 saturated heterocycles. The summed E-state index contributed by atoms with van der Waals surface area (Å²) < 4.78 is 7.31. The SMILES string of the molecule is Cc1ccc(-n2c(SCC(=O)N/N=C\c3ccc(C)o3)nnc2-c2ccncc2)cc1. The van der Waals surface area contributed by atoms with Crippen LogP contribution in [0.2, 0.25) is 0 Å². The Balaban J connectivity index is 1.51. The Morgan fingerprint density at radius 1 is 1.10 bits per heavy atom. The van der Waals surface area contributed by atoms with Gasteiger partial charge in [0, 0.05) is 23.6 Å². The first-order valence-corrected chi connectivity index (χ1v) is 10.5. The number of benzene rings is 1. The Morgan fingerprint density at radius 2 is 1.87 bits per heavy atom. The van der Waals surface area contributed by atoms with Crippen LogP contribution < -0.4 is 5.43 Å². The molecule has 1 amide bonds. The van der Waals surface area contributed by atoms with E-state index in [2.05, 4.69) is 25.7 Å². The second-order valence-corrected chi connectivity index (χ2v) is 7.69. The molecular weight excluding hydrogens is 412 g/mol. The van der Waals surface area contributed by atoms with E-state index in [-0.39, 0.29) is 11.7 Å². The topological polar surface area (TPSA) is 98.2 Å². The fraction of sp³-hybridized carbons (Fsp3) is 0.136. The minimum Gasteiger partial charge on any atom is -0.460 e. The van der Waals surface area contributed by atoms with E-state index < -0.39 is 0 Å². The zero-order chi connectivity index (χ0) is 21.6. The van der Waals surface area contributed by atoms with Crippen LogP contribution >= 0.6 is 11.8 Å². The second-order valence-electron chi connectivity index (χ2n) is 6.74. The molecule has 0 aliphatic carbocycles. The largest absolute Gasteiger partial charge is 0.460 e. The molecule has 0 unspecified atom stereocenters. The van der Waals surface area contributed by atoms with E-state index in [4.69, 9.17) is 4.42 Å². The van der Waals surface area contributed by atoms with Gasteiger partial charge in [-0.3, -0.25) is 14.3 Å². The maximum absolute atomic E-state index is 12.2. The molecule has 3 heterocycles. The third-order valence-electron chi connectivity index (χ3n) is 4.34. The number of thioether (sulfide) groups is 1. The van der Waals surface area contributed by atoms with E-state index in [0.717, 1.165) is 22.6 Å². The summed E-state index contributed by atoms with van der Waals surface area (Å²) in [6.45, 7) is 3.88. The lowest BCUT2D eigenvalue weighted by Crippen LogP contribution is -2.19. The van der Waals surface area contributed by atoms with Crippen LogP contribution in [0.15, 0.2) is 75.6 Å². The van der Waals surface area contributed by atoms with Gasteiger partial charge in [-0.25, -0.2) is 5.43 Å². The van der Waals surface area contributed by atoms with Crippen molar-refractivity contribution in [3.8, 4) is 17.1 Å². The predicted octanol–water partition coefficient (Wildman–Crippen LogP) is 3.78. The summed E-state index contributed by atoms with van der Waals surface area (Å²) in [7, 11) is 0. The van der Waals surface area contributed by atoms with Crippen molar-refractivity contribution in [3.05, 3.63) is 78.0 Å². The van der Waals surface area contributed by atoms with Crippen LogP contribution in [0, 0.1) is 13.8 Å². The van der Waals surface area contributed by atoms with E-state index >= 15 is 0 Å². The van der Waals surface area contributed by atoms with E-state index in [1.807, 2.05) is 60.9 Å². The Bertz CT molecular complexity index is 1200. The first kappa shape index (κ1) is 20.5. The van der Waals surface area contributed by atoms with Crippen molar-refractivity contribution < 1.29 is 9.21 Å². The normalized spacial score (nSPS) is 11.2. The molecule has 0 spiro atoms. The molecule has 9 heteroatoms. The average molecular weight is 433 g/mol. The molecule has 4 aromatic rings. The molecule has 156 valence electrons. The van der Waals surface area contributed by atoms with Gasteiger partial charge in [0.2, 0.25) is 0 Å². The monoisotopic (exact) mass is 432 g/mol. The van der Waals surface area contributed by atoms with Crippen molar-refractivity contribution in [1.29, 1.82) is 0 Å². The summed E-state index contributed by atoms with van der Waals surface area (Å²) in [5.41, 5.74) is 5.45. The van der Waals surface area contributed by atoms with Gasteiger partial charge >= 0.3 is 0 Å². The fourth-order valence-corrected chi connectivity index (χ4v) is 3.58. The van der Waals surface area contributed by atoms with Gasteiger partial charge in [-0.1, -0.05) is 29.5 Å². The molecule has 0 aliphatic rings. The van der Waals surface area contributed by atoms with Crippen LogP contribution in [0.5, 0.6) is 0 Å². The average Bonchev–Trinajstić information content (AvgIpc) is 3.39. The Morgan fingerprint density at radius 3 is 2.58 bits per heavy atom. The molecule has 4 rings (SSSR count). The lowest BCUT2D eigenvalue weighted by atomic mass is 10.2. The number of hydrogen-bond donors (Lipinski definition) is 1. The molecule has 0 radical (unpaired) electrons. The van der Waals surface area contributed by atoms with E-state index in [9.17, 15) is 4.79 Å². The molecule has 3 aromatic heterocycles. The van der Waals surface area contributed by atoms with Crippen molar-refractivity contribution in [2.75, 3.05) is 5.75 Å². The number of pyridine rings is 1. The summed E-state index contributed by atoms with van der Waals surface area (Å²) in [6, 6.07) is 15.4. The van der Waals surface area contributed by atoms with Crippen LogP contribution in [-0.4, -0.2) is 37.6 Å². The van der Waals surface area contributed by atoms with Gasteiger partial charge < -0.3 is 4.42 Å². The fourth-order valence-electron chi connectivity index (χ4n) is 2.83. The summed E-state index contributed by atoms with van der Waals surface area (Å²) in [5.74, 6) is 1.92. The third-order valence-corrected chi connectivity index (χ3v) is 5.27. The highest BCUT2D eigenvalue weighted by Crippen LogP contribution is 2.27. The van der Waals surface area contributed by atoms with Gasteiger partial charge in [-0.05, 0) is 50.2 Å². The van der Waals surface area contributed by atoms with E-state index in [1.54, 1.807) is 18.5 Å². The number of hydrogen-bond acceptors (Lipinski definition) is 7. The zero-order valence-electron chi connectivity index (χ0n) is 17.0. The van der Waals surface area contributed by atoms with Crippen LogP contribution in [-0.2, 0) is 4.79 Å². The number of rotatable bonds is 7. The number of nitrogens with zero attached hydrogens (tertiary/aromatic N) is 5. The van der Waals surface area contributed by atoms with Gasteiger partial charge in [0.05, 0.1) is 12.0 Å². The molecule has 31 heavy (non-hydrogen) atoms. The summed E-state index contributed by atoms with van der Waals surface area (Å²) >= 11 is 1.28. The molecular formula is C22H20N6O2S. The van der Waals surface area contributed by atoms with Crippen molar-refractivity contribution in [2.45, 2.75) is 19.0 Å². The van der Waals surface area contributed by atoms with Crippen molar-refractivity contribution in [1.82, 2.24) is 25.2 Å². The number of aromatic nitrogens is 4. The zero-order valence-corrected chi connectivity index (χ0v) is 17.8. The number of nitrogens with one attached hydrogen (secondary N) is 1. The van der Waals surface area contributed by atoms with Crippen LogP contribution in [0.3, 0.4) is 0 Å². The summed E-state index contributed by atoms with van der Waals surface area (Å²) in [4.78, 5) is 16.3. The third kappa shape index (κ3) is 5.07. The molecule has 1 aromatic carbocycles. The maximum Gasteiger partial charge on any atom is 0.250 e. The summed E-state index contributed by atoms with van der Waals surface area (Å²) in [5, 5.41) is 13.2. The van der Waals surface area contributed by atoms with Crippen molar-refractivity contribution >= 4 is 23.9 Å². The molecule has 0 bridgehead atoms. The molecule has 0 atom stereocenters. The molecule has 8 nitrogen and oxygen atoms in total. The standard InChI is InChI=1S/C22H20N6O2S/c1-15-3-6-18(7-4-15)28-21(17-9-11-23-12-10-17)26-27-22(28)31-14-20(29)25-24-13-19-8-5-16(2)30-19/h3-13H,14H2,1-2H3,(H,25,29)/b24-13-. The van der Waals surface area contributed by atoms with Gasteiger partial charge in [0.1, 0.15) is 11.5 Å². The minimum atomic E-state index is -0.256. The van der Waals surface area contributed by atoms with Crippen LogP contribution in [0.25, 0.3) is 17.1 Å². The lowest BCUT2D eigenvalue weighted by Gasteiger charge is -2.10. The smallest absolute Gasteiger partial charge is 0.250 e. The molecule has 0 aliphatic heterocycles. The van der Waals surface area contributed by atoms with Crippen LogP contribution in [0.4, 0.5) is 0 Å².